The number of likely N-dealkylation sites (tertiary alicyclic amines) is 1. The van der Waals surface area contributed by atoms with Crippen molar-refractivity contribution in [2.45, 2.75) is 71.3 Å². The Hall–Kier alpha value is -3.82. The Kier molecular flexibility index (Phi) is 9.32. The molecule has 13 heteroatoms. The predicted octanol–water partition coefficient (Wildman–Crippen LogP) is 2.81. The van der Waals surface area contributed by atoms with E-state index in [2.05, 4.69) is 16.0 Å². The van der Waals surface area contributed by atoms with E-state index in [-0.39, 0.29) is 18.1 Å². The van der Waals surface area contributed by atoms with Crippen LogP contribution in [0, 0.1) is 35.5 Å². The molecule has 5 atom stereocenters. The molecule has 2 aliphatic rings. The first kappa shape index (κ1) is 30.7. The van der Waals surface area contributed by atoms with E-state index in [0.29, 0.717) is 13.0 Å². The van der Waals surface area contributed by atoms with Gasteiger partial charge in [-0.15, -0.1) is 0 Å². The number of nitrogens with one attached hydrogen (secondary N) is 3. The molecule has 218 valence electrons. The average Bonchev–Trinajstić information content (AvgIpc) is 3.49. The zero-order valence-corrected chi connectivity index (χ0v) is 22.8. The lowest BCUT2D eigenvalue weighted by atomic mass is 9.85. The SMILES string of the molecule is Cc1ccc(OC(=O)N[C@H](C(=O)N2C[C@H](C(F)(F)F)C[C@H]2C(=O)N[C@H](C#N)C[C@@H]2CCNC2=O)C(C)(C)C)cc1. The second kappa shape index (κ2) is 12.1. The summed E-state index contributed by atoms with van der Waals surface area (Å²) >= 11 is 0. The van der Waals surface area contributed by atoms with Crippen LogP contribution in [0.1, 0.15) is 45.6 Å². The van der Waals surface area contributed by atoms with Gasteiger partial charge in [-0.25, -0.2) is 4.79 Å². The molecule has 40 heavy (non-hydrogen) atoms. The first-order chi connectivity index (χ1) is 18.6. The Balaban J connectivity index is 1.79. The van der Waals surface area contributed by atoms with Crippen molar-refractivity contribution in [3.8, 4) is 11.8 Å². The van der Waals surface area contributed by atoms with E-state index in [1.165, 1.54) is 0 Å². The lowest BCUT2D eigenvalue weighted by Crippen LogP contribution is -2.58. The Morgan fingerprint density at radius 2 is 1.82 bits per heavy atom. The van der Waals surface area contributed by atoms with Gasteiger partial charge >= 0.3 is 12.3 Å². The van der Waals surface area contributed by atoms with Crippen molar-refractivity contribution in [2.24, 2.45) is 17.3 Å². The number of ether oxygens (including phenoxy) is 1. The molecule has 2 aliphatic heterocycles. The topological polar surface area (TPSA) is 141 Å². The molecule has 2 fully saturated rings. The van der Waals surface area contributed by atoms with Gasteiger partial charge in [-0.3, -0.25) is 14.4 Å². The summed E-state index contributed by atoms with van der Waals surface area (Å²) in [4.78, 5) is 52.2. The Labute approximate surface area is 230 Å². The molecule has 0 saturated carbocycles. The number of nitrogens with zero attached hydrogens (tertiary/aromatic N) is 2. The molecule has 2 saturated heterocycles. The summed E-state index contributed by atoms with van der Waals surface area (Å²) in [6, 6.07) is 4.42. The van der Waals surface area contributed by atoms with E-state index in [1.807, 2.05) is 13.0 Å². The highest BCUT2D eigenvalue weighted by atomic mass is 19.4. The van der Waals surface area contributed by atoms with Crippen LogP contribution >= 0.6 is 0 Å². The van der Waals surface area contributed by atoms with E-state index >= 15 is 0 Å². The highest BCUT2D eigenvalue weighted by Crippen LogP contribution is 2.38. The van der Waals surface area contributed by atoms with Gasteiger partial charge in [0.2, 0.25) is 17.7 Å². The van der Waals surface area contributed by atoms with Crippen LogP contribution in [0.25, 0.3) is 0 Å². The van der Waals surface area contributed by atoms with Crippen molar-refractivity contribution in [2.75, 3.05) is 13.1 Å². The van der Waals surface area contributed by atoms with Crippen LogP contribution in [0.2, 0.25) is 0 Å². The first-order valence-corrected chi connectivity index (χ1v) is 13.0. The molecule has 10 nitrogen and oxygen atoms in total. The molecule has 0 aromatic heterocycles. The van der Waals surface area contributed by atoms with Gasteiger partial charge in [0.15, 0.2) is 0 Å². The van der Waals surface area contributed by atoms with E-state index < -0.39 is 72.4 Å². The van der Waals surface area contributed by atoms with Gasteiger partial charge in [-0.05, 0) is 43.7 Å². The molecule has 1 aromatic carbocycles. The minimum absolute atomic E-state index is 0.00549. The van der Waals surface area contributed by atoms with Gasteiger partial charge in [-0.1, -0.05) is 38.5 Å². The lowest BCUT2D eigenvalue weighted by molar-refractivity contribution is -0.171. The van der Waals surface area contributed by atoms with Gasteiger partial charge in [0, 0.05) is 19.0 Å². The van der Waals surface area contributed by atoms with Crippen LogP contribution in [-0.4, -0.2) is 66.1 Å². The zero-order chi connectivity index (χ0) is 29.8. The van der Waals surface area contributed by atoms with Crippen LogP contribution in [0.4, 0.5) is 18.0 Å². The molecular weight excluding hydrogens is 531 g/mol. The van der Waals surface area contributed by atoms with Crippen molar-refractivity contribution in [1.29, 1.82) is 5.26 Å². The number of amides is 4. The van der Waals surface area contributed by atoms with Gasteiger partial charge in [0.1, 0.15) is 23.9 Å². The number of carbonyl (C=O) groups is 4. The van der Waals surface area contributed by atoms with Gasteiger partial charge in [-0.2, -0.15) is 18.4 Å². The number of hydrogen-bond donors (Lipinski definition) is 3. The number of carbonyl (C=O) groups excluding carboxylic acids is 4. The fourth-order valence-electron chi connectivity index (χ4n) is 4.81. The van der Waals surface area contributed by atoms with Gasteiger partial charge in [0.05, 0.1) is 12.0 Å². The highest BCUT2D eigenvalue weighted by Gasteiger charge is 2.53. The van der Waals surface area contributed by atoms with E-state index in [0.717, 1.165) is 10.5 Å². The number of aryl methyl sites for hydroxylation is 1. The fourth-order valence-corrected chi connectivity index (χ4v) is 4.81. The van der Waals surface area contributed by atoms with E-state index in [1.54, 1.807) is 45.0 Å². The minimum atomic E-state index is -4.68. The Bertz CT molecular complexity index is 1160. The second-order valence-electron chi connectivity index (χ2n) is 11.3. The molecule has 1 aromatic rings. The summed E-state index contributed by atoms with van der Waals surface area (Å²) in [5.74, 6) is -4.36. The summed E-state index contributed by atoms with van der Waals surface area (Å²) < 4.78 is 46.5. The molecule has 0 bridgehead atoms. The van der Waals surface area contributed by atoms with Crippen molar-refractivity contribution >= 4 is 23.8 Å². The monoisotopic (exact) mass is 565 g/mol. The molecular formula is C27H34F3N5O5. The Morgan fingerprint density at radius 3 is 2.35 bits per heavy atom. The summed E-state index contributed by atoms with van der Waals surface area (Å²) in [6.45, 7) is 6.34. The van der Waals surface area contributed by atoms with Crippen LogP contribution in [0.15, 0.2) is 24.3 Å². The third-order valence-corrected chi connectivity index (χ3v) is 7.11. The molecule has 0 radical (unpaired) electrons. The molecule has 0 spiro atoms. The quantitative estimate of drug-likeness (QED) is 0.465. The van der Waals surface area contributed by atoms with Gasteiger partial charge < -0.3 is 25.6 Å². The molecule has 0 aliphatic carbocycles. The highest BCUT2D eigenvalue weighted by molar-refractivity contribution is 5.93. The summed E-state index contributed by atoms with van der Waals surface area (Å²) in [6.07, 6.45) is -5.90. The maximum atomic E-state index is 13.7. The van der Waals surface area contributed by atoms with E-state index in [4.69, 9.17) is 4.74 Å². The summed E-state index contributed by atoms with van der Waals surface area (Å²) in [7, 11) is 0. The third kappa shape index (κ3) is 7.64. The predicted molar refractivity (Wildman–Crippen MR) is 137 cm³/mol. The smallest absolute Gasteiger partial charge is 0.410 e. The Morgan fingerprint density at radius 1 is 1.18 bits per heavy atom. The molecule has 0 unspecified atom stereocenters. The largest absolute Gasteiger partial charge is 0.413 e. The van der Waals surface area contributed by atoms with Gasteiger partial charge in [0.25, 0.3) is 0 Å². The fraction of sp³-hybridized carbons (Fsp3) is 0.593. The lowest BCUT2D eigenvalue weighted by Gasteiger charge is -2.35. The normalized spacial score (nSPS) is 22.6. The number of nitriles is 1. The van der Waals surface area contributed by atoms with Crippen molar-refractivity contribution in [3.63, 3.8) is 0 Å². The maximum Gasteiger partial charge on any atom is 0.413 e. The summed E-state index contributed by atoms with van der Waals surface area (Å²) in [5.41, 5.74) is -0.0376. The van der Waals surface area contributed by atoms with Crippen LogP contribution in [-0.2, 0) is 14.4 Å². The standard InChI is InChI=1S/C27H34F3N5O5/c1-15-5-7-19(8-6-15)40-25(39)34-21(26(2,3)4)24(38)35-14-17(27(28,29)30)12-20(35)23(37)33-18(13-31)11-16-9-10-32-22(16)36/h5-8,16-18,20-21H,9-12,14H2,1-4H3,(H,32,36)(H,33,37)(H,34,39)/t16-,17+,18-,20-,21+/m0/s1. The minimum Gasteiger partial charge on any atom is -0.410 e. The number of halogens is 3. The van der Waals surface area contributed by atoms with Crippen molar-refractivity contribution in [1.82, 2.24) is 20.9 Å². The number of alkyl halides is 3. The molecule has 3 N–H and O–H groups in total. The van der Waals surface area contributed by atoms with Crippen molar-refractivity contribution < 1.29 is 37.1 Å². The zero-order valence-electron chi connectivity index (χ0n) is 22.8. The molecule has 2 heterocycles. The molecule has 4 amide bonds. The third-order valence-electron chi connectivity index (χ3n) is 7.11. The second-order valence-corrected chi connectivity index (χ2v) is 11.3. The average molecular weight is 566 g/mol. The van der Waals surface area contributed by atoms with E-state index in [9.17, 15) is 37.6 Å². The van der Waals surface area contributed by atoms with Crippen LogP contribution in [0.3, 0.4) is 0 Å². The number of rotatable bonds is 7. The number of benzene rings is 1. The van der Waals surface area contributed by atoms with Crippen LogP contribution in [0.5, 0.6) is 5.75 Å². The number of hydrogen-bond acceptors (Lipinski definition) is 6. The van der Waals surface area contributed by atoms with Crippen LogP contribution < -0.4 is 20.7 Å². The molecule has 3 rings (SSSR count). The van der Waals surface area contributed by atoms with Crippen molar-refractivity contribution in [3.05, 3.63) is 29.8 Å². The summed E-state index contributed by atoms with van der Waals surface area (Å²) in [5, 5.41) is 17.0. The first-order valence-electron chi connectivity index (χ1n) is 13.0. The maximum absolute atomic E-state index is 13.7.